The van der Waals surface area contributed by atoms with Gasteiger partial charge < -0.3 is 10.6 Å². The van der Waals surface area contributed by atoms with E-state index in [1.807, 2.05) is 74.5 Å². The first-order valence-electron chi connectivity index (χ1n) is 12.1. The van der Waals surface area contributed by atoms with Crippen LogP contribution in [0.25, 0.3) is 12.2 Å². The molecule has 2 unspecified atom stereocenters. The molecule has 4 heteroatoms. The molecule has 34 heavy (non-hydrogen) atoms. The highest BCUT2D eigenvalue weighted by Gasteiger charge is 2.41. The van der Waals surface area contributed by atoms with Crippen molar-refractivity contribution in [1.29, 1.82) is 0 Å². The number of amides is 2. The molecular weight excluding hydrogens is 420 g/mol. The van der Waals surface area contributed by atoms with Crippen molar-refractivity contribution in [3.05, 3.63) is 82.9 Å². The molecule has 0 aliphatic heterocycles. The van der Waals surface area contributed by atoms with Crippen molar-refractivity contribution < 1.29 is 9.59 Å². The highest BCUT2D eigenvalue weighted by atomic mass is 16.2. The Morgan fingerprint density at radius 1 is 0.824 bits per heavy atom. The fourth-order valence-electron chi connectivity index (χ4n) is 5.18. The van der Waals surface area contributed by atoms with Gasteiger partial charge in [-0.3, -0.25) is 9.59 Å². The number of nitrogens with one attached hydrogen (secondary N) is 2. The zero-order valence-electron chi connectivity index (χ0n) is 21.2. The Balaban J connectivity index is 1.56. The van der Waals surface area contributed by atoms with Crippen molar-refractivity contribution in [3.8, 4) is 0 Å². The summed E-state index contributed by atoms with van der Waals surface area (Å²) in [5.74, 6) is -0.164. The first-order chi connectivity index (χ1) is 16.0. The van der Waals surface area contributed by atoms with Crippen molar-refractivity contribution >= 4 is 24.0 Å². The lowest BCUT2D eigenvalue weighted by molar-refractivity contribution is -0.119. The van der Waals surface area contributed by atoms with Gasteiger partial charge >= 0.3 is 0 Å². The van der Waals surface area contributed by atoms with E-state index < -0.39 is 0 Å². The van der Waals surface area contributed by atoms with Gasteiger partial charge in [-0.2, -0.15) is 0 Å². The molecule has 2 atom stereocenters. The Labute approximate surface area is 204 Å². The van der Waals surface area contributed by atoms with Gasteiger partial charge in [-0.25, -0.2) is 0 Å². The van der Waals surface area contributed by atoms with Crippen LogP contribution in [0.5, 0.6) is 0 Å². The normalized spacial score (nSPS) is 22.1. The largest absolute Gasteiger partial charge is 0.352 e. The first kappa shape index (κ1) is 25.5. The molecule has 0 spiro atoms. The summed E-state index contributed by atoms with van der Waals surface area (Å²) in [6.07, 6.45) is 9.65. The lowest BCUT2D eigenvalue weighted by Crippen LogP contribution is -2.50. The summed E-state index contributed by atoms with van der Waals surface area (Å²) in [6, 6.07) is 16.2. The van der Waals surface area contributed by atoms with Crippen LogP contribution in [-0.2, 0) is 9.59 Å². The summed E-state index contributed by atoms with van der Waals surface area (Å²) in [5, 5.41) is 6.28. The van der Waals surface area contributed by atoms with Crippen LogP contribution in [0.2, 0.25) is 0 Å². The van der Waals surface area contributed by atoms with Gasteiger partial charge in [0.2, 0.25) is 11.8 Å². The van der Waals surface area contributed by atoms with Gasteiger partial charge in [0.25, 0.3) is 0 Å². The number of benzene rings is 2. The minimum absolute atomic E-state index is 0.0731. The van der Waals surface area contributed by atoms with Crippen LogP contribution < -0.4 is 10.6 Å². The fraction of sp³-hybridized carbons (Fsp3) is 0.400. The first-order valence-corrected chi connectivity index (χ1v) is 12.1. The van der Waals surface area contributed by atoms with Gasteiger partial charge in [0, 0.05) is 24.7 Å². The fourth-order valence-corrected chi connectivity index (χ4v) is 5.18. The lowest BCUT2D eigenvalue weighted by Gasteiger charge is -2.46. The number of hydrogen-bond donors (Lipinski definition) is 2. The zero-order valence-corrected chi connectivity index (χ0v) is 21.2. The topological polar surface area (TPSA) is 58.2 Å². The van der Waals surface area contributed by atoms with Crippen molar-refractivity contribution in [2.75, 3.05) is 6.54 Å². The molecule has 0 heterocycles. The van der Waals surface area contributed by atoms with E-state index in [-0.39, 0.29) is 28.7 Å². The number of carbonyl (C=O) groups excluding carboxylic acids is 2. The summed E-state index contributed by atoms with van der Waals surface area (Å²) in [7, 11) is 0. The van der Waals surface area contributed by atoms with E-state index in [1.165, 1.54) is 11.1 Å². The molecule has 0 radical (unpaired) electrons. The van der Waals surface area contributed by atoms with Crippen molar-refractivity contribution in [2.24, 2.45) is 10.8 Å². The minimum atomic E-state index is -0.0909. The van der Waals surface area contributed by atoms with Crippen molar-refractivity contribution in [2.45, 2.75) is 59.9 Å². The van der Waals surface area contributed by atoms with Crippen LogP contribution in [0.1, 0.15) is 62.3 Å². The average molecular weight is 459 g/mol. The van der Waals surface area contributed by atoms with Gasteiger partial charge in [0.1, 0.15) is 0 Å². The summed E-state index contributed by atoms with van der Waals surface area (Å²) in [6.45, 7) is 11.4. The number of rotatable bonds is 7. The van der Waals surface area contributed by atoms with Crippen LogP contribution in [0.15, 0.2) is 60.7 Å². The molecule has 2 N–H and O–H groups in total. The molecule has 1 fully saturated rings. The molecule has 1 saturated carbocycles. The van der Waals surface area contributed by atoms with E-state index in [0.29, 0.717) is 6.54 Å². The van der Waals surface area contributed by atoms with Crippen LogP contribution >= 0.6 is 0 Å². The molecule has 1 aliphatic carbocycles. The predicted molar refractivity (Wildman–Crippen MR) is 141 cm³/mol. The second-order valence-electron chi connectivity index (χ2n) is 11.0. The zero-order chi connectivity index (χ0) is 24.8. The molecule has 2 amide bonds. The van der Waals surface area contributed by atoms with E-state index in [0.717, 1.165) is 30.4 Å². The third-order valence-electron chi connectivity index (χ3n) is 6.49. The lowest BCUT2D eigenvalue weighted by atomic mass is 9.62. The van der Waals surface area contributed by atoms with Gasteiger partial charge in [0.15, 0.2) is 0 Å². The Bertz CT molecular complexity index is 1050. The maximum atomic E-state index is 12.6. The van der Waals surface area contributed by atoms with E-state index in [4.69, 9.17) is 0 Å². The smallest absolute Gasteiger partial charge is 0.244 e. The molecule has 1 aliphatic rings. The number of aryl methyl sites for hydroxylation is 2. The quantitative estimate of drug-likeness (QED) is 0.512. The highest BCUT2D eigenvalue weighted by molar-refractivity contribution is 5.92. The Morgan fingerprint density at radius 3 is 1.85 bits per heavy atom. The second kappa shape index (κ2) is 10.9. The van der Waals surface area contributed by atoms with E-state index >= 15 is 0 Å². The van der Waals surface area contributed by atoms with Crippen molar-refractivity contribution in [1.82, 2.24) is 10.6 Å². The van der Waals surface area contributed by atoms with Crippen molar-refractivity contribution in [3.63, 3.8) is 0 Å². The van der Waals surface area contributed by atoms with Crippen LogP contribution in [-0.4, -0.2) is 24.4 Å². The molecule has 180 valence electrons. The van der Waals surface area contributed by atoms with Gasteiger partial charge in [-0.1, -0.05) is 80.4 Å². The Hall–Kier alpha value is -3.14. The third-order valence-corrected chi connectivity index (χ3v) is 6.49. The van der Waals surface area contributed by atoms with E-state index in [9.17, 15) is 9.59 Å². The Morgan fingerprint density at radius 2 is 1.32 bits per heavy atom. The van der Waals surface area contributed by atoms with Gasteiger partial charge in [-0.15, -0.1) is 0 Å². The molecule has 2 aromatic rings. The molecule has 0 aromatic heterocycles. The molecule has 0 bridgehead atoms. The molecule has 3 rings (SSSR count). The van der Waals surface area contributed by atoms with Gasteiger partial charge in [-0.05, 0) is 67.2 Å². The molecule has 0 saturated heterocycles. The van der Waals surface area contributed by atoms with Gasteiger partial charge in [0.05, 0.1) is 0 Å². The van der Waals surface area contributed by atoms with E-state index in [1.54, 1.807) is 12.2 Å². The molecule has 2 aromatic carbocycles. The van der Waals surface area contributed by atoms with Crippen LogP contribution in [0.4, 0.5) is 0 Å². The third kappa shape index (κ3) is 8.02. The Kier molecular flexibility index (Phi) is 8.14. The van der Waals surface area contributed by atoms with Crippen LogP contribution in [0.3, 0.4) is 0 Å². The standard InChI is InChI=1S/C30H38N2O2/c1-22-6-10-24(11-7-22)14-16-27(33)31-21-30(5)19-26(18-29(3,4)20-30)32-28(34)17-15-25-12-8-23(2)9-13-25/h6-17,26H,18-21H2,1-5H3,(H,31,33)(H,32,34)/b16-14+,17-15+. The SMILES string of the molecule is Cc1ccc(/C=C/C(=O)NCC2(C)CC(NC(=O)/C=C/c3ccc(C)cc3)CC(C)(C)C2)cc1. The monoisotopic (exact) mass is 458 g/mol. The maximum Gasteiger partial charge on any atom is 0.244 e. The minimum Gasteiger partial charge on any atom is -0.352 e. The molecular formula is C30H38N2O2. The maximum absolute atomic E-state index is 12.6. The summed E-state index contributed by atoms with van der Waals surface area (Å²) >= 11 is 0. The number of hydrogen-bond acceptors (Lipinski definition) is 2. The second-order valence-corrected chi connectivity index (χ2v) is 11.0. The van der Waals surface area contributed by atoms with Crippen LogP contribution in [0, 0.1) is 24.7 Å². The molecule has 4 nitrogen and oxygen atoms in total. The summed E-state index contributed by atoms with van der Waals surface area (Å²) in [4.78, 5) is 25.1. The van der Waals surface area contributed by atoms with E-state index in [2.05, 4.69) is 31.4 Å². The average Bonchev–Trinajstić information content (AvgIpc) is 2.75. The predicted octanol–water partition coefficient (Wildman–Crippen LogP) is 5.85. The summed E-state index contributed by atoms with van der Waals surface area (Å²) < 4.78 is 0. The summed E-state index contributed by atoms with van der Waals surface area (Å²) in [5.41, 5.74) is 4.40. The number of carbonyl (C=O) groups is 2. The highest BCUT2D eigenvalue weighted by Crippen LogP contribution is 2.45.